The number of amides is 1. The lowest BCUT2D eigenvalue weighted by Crippen LogP contribution is -2.42. The minimum atomic E-state index is -0.539. The average Bonchev–Trinajstić information content (AvgIpc) is 2.99. The highest BCUT2D eigenvalue weighted by atomic mass is 16.6. The summed E-state index contributed by atoms with van der Waals surface area (Å²) in [5.74, 6) is 0.516. The van der Waals surface area contributed by atoms with Crippen molar-refractivity contribution in [1.82, 2.24) is 5.32 Å². The Kier molecular flexibility index (Phi) is 5.75. The van der Waals surface area contributed by atoms with Gasteiger partial charge in [0.05, 0.1) is 12.0 Å². The predicted molar refractivity (Wildman–Crippen MR) is 83.5 cm³/mol. The Hall–Kier alpha value is -2.35. The Bertz CT molecular complexity index is 578. The number of ether oxygens (including phenoxy) is 2. The number of hydrogen-bond donors (Lipinski definition) is 2. The Morgan fingerprint density at radius 1 is 1.48 bits per heavy atom. The summed E-state index contributed by atoms with van der Waals surface area (Å²) in [5, 5.41) is 13.7. The van der Waals surface area contributed by atoms with Gasteiger partial charge in [0, 0.05) is 18.2 Å². The van der Waals surface area contributed by atoms with Crippen molar-refractivity contribution in [2.75, 3.05) is 20.3 Å². The first kappa shape index (κ1) is 17.0. The van der Waals surface area contributed by atoms with E-state index in [4.69, 9.17) is 15.2 Å². The molecule has 1 aromatic carbocycles. The topological polar surface area (TPSA) is 117 Å². The highest BCUT2D eigenvalue weighted by Crippen LogP contribution is 2.30. The summed E-state index contributed by atoms with van der Waals surface area (Å²) in [6.45, 7) is 0.403. The lowest BCUT2D eigenvalue weighted by atomic mass is 10.0. The summed E-state index contributed by atoms with van der Waals surface area (Å²) < 4.78 is 10.3. The van der Waals surface area contributed by atoms with Gasteiger partial charge in [-0.25, -0.2) is 0 Å². The van der Waals surface area contributed by atoms with Crippen LogP contribution < -0.4 is 20.5 Å². The molecule has 2 rings (SSSR count). The minimum Gasteiger partial charge on any atom is -0.490 e. The fraction of sp³-hybridized carbons (Fsp3) is 0.533. The number of nitro groups is 1. The molecule has 3 N–H and O–H groups in total. The van der Waals surface area contributed by atoms with Crippen LogP contribution in [0.5, 0.6) is 11.5 Å². The van der Waals surface area contributed by atoms with E-state index in [1.165, 1.54) is 25.3 Å². The normalized spacial score (nSPS) is 20.1. The molecule has 0 heterocycles. The standard InChI is InChI=1S/C15H21N3O5/c1-22-14-7-11(5-6-13(14)18(20)21)23-9-15(19)17-12-4-2-3-10(12)8-16/h5-7,10,12H,2-4,8-9,16H2,1H3,(H,17,19). The molecule has 8 nitrogen and oxygen atoms in total. The fourth-order valence-corrected chi connectivity index (χ4v) is 2.80. The first-order valence-corrected chi connectivity index (χ1v) is 7.49. The zero-order valence-electron chi connectivity index (χ0n) is 13.0. The first-order valence-electron chi connectivity index (χ1n) is 7.49. The zero-order chi connectivity index (χ0) is 16.8. The molecule has 0 bridgehead atoms. The maximum Gasteiger partial charge on any atom is 0.311 e. The quantitative estimate of drug-likeness (QED) is 0.575. The van der Waals surface area contributed by atoms with Gasteiger partial charge in [0.25, 0.3) is 5.91 Å². The number of hydrogen-bond acceptors (Lipinski definition) is 6. The van der Waals surface area contributed by atoms with Crippen LogP contribution in [0.2, 0.25) is 0 Å². The third-order valence-electron chi connectivity index (χ3n) is 4.03. The maximum absolute atomic E-state index is 11.9. The van der Waals surface area contributed by atoms with Gasteiger partial charge in [0.1, 0.15) is 5.75 Å². The van der Waals surface area contributed by atoms with Crippen molar-refractivity contribution in [3.8, 4) is 11.5 Å². The van der Waals surface area contributed by atoms with Gasteiger partial charge in [-0.3, -0.25) is 14.9 Å². The molecule has 2 atom stereocenters. The van der Waals surface area contributed by atoms with Crippen LogP contribution in [0.4, 0.5) is 5.69 Å². The van der Waals surface area contributed by atoms with Crippen molar-refractivity contribution in [3.63, 3.8) is 0 Å². The van der Waals surface area contributed by atoms with Crippen molar-refractivity contribution in [3.05, 3.63) is 28.3 Å². The van der Waals surface area contributed by atoms with E-state index in [1.807, 2.05) is 0 Å². The molecule has 1 amide bonds. The molecule has 8 heteroatoms. The van der Waals surface area contributed by atoms with E-state index in [0.29, 0.717) is 18.2 Å². The molecule has 2 unspecified atom stereocenters. The second kappa shape index (κ2) is 7.77. The van der Waals surface area contributed by atoms with Gasteiger partial charge >= 0.3 is 5.69 Å². The molecule has 0 spiro atoms. The second-order valence-corrected chi connectivity index (χ2v) is 5.48. The van der Waals surface area contributed by atoms with Crippen LogP contribution in [0.25, 0.3) is 0 Å². The predicted octanol–water partition coefficient (Wildman–Crippen LogP) is 1.23. The number of carbonyl (C=O) groups is 1. The molecule has 1 aliphatic rings. The van der Waals surface area contributed by atoms with Gasteiger partial charge in [-0.15, -0.1) is 0 Å². The van der Waals surface area contributed by atoms with Crippen LogP contribution in [0.15, 0.2) is 18.2 Å². The molecule has 1 saturated carbocycles. The molecule has 1 fully saturated rings. The molecule has 1 aliphatic carbocycles. The Labute approximate surface area is 134 Å². The smallest absolute Gasteiger partial charge is 0.311 e. The summed E-state index contributed by atoms with van der Waals surface area (Å²) in [6, 6.07) is 4.21. The van der Waals surface area contributed by atoms with Crippen LogP contribution in [-0.2, 0) is 4.79 Å². The number of nitrogens with zero attached hydrogens (tertiary/aromatic N) is 1. The molecule has 0 radical (unpaired) electrons. The van der Waals surface area contributed by atoms with E-state index in [1.54, 1.807) is 0 Å². The van der Waals surface area contributed by atoms with Crippen molar-refractivity contribution in [2.45, 2.75) is 25.3 Å². The molecule has 0 saturated heterocycles. The number of rotatable bonds is 7. The summed E-state index contributed by atoms with van der Waals surface area (Å²) >= 11 is 0. The van der Waals surface area contributed by atoms with Crippen molar-refractivity contribution in [2.24, 2.45) is 11.7 Å². The zero-order valence-corrected chi connectivity index (χ0v) is 13.0. The van der Waals surface area contributed by atoms with E-state index in [2.05, 4.69) is 5.32 Å². The van der Waals surface area contributed by atoms with Crippen LogP contribution >= 0.6 is 0 Å². The minimum absolute atomic E-state index is 0.0897. The van der Waals surface area contributed by atoms with E-state index in [-0.39, 0.29) is 30.0 Å². The number of carbonyl (C=O) groups excluding carboxylic acids is 1. The molecular formula is C15H21N3O5. The molecule has 0 aliphatic heterocycles. The van der Waals surface area contributed by atoms with Crippen LogP contribution in [0.3, 0.4) is 0 Å². The molecule has 0 aromatic heterocycles. The number of benzene rings is 1. The van der Waals surface area contributed by atoms with Gasteiger partial charge in [-0.1, -0.05) is 6.42 Å². The van der Waals surface area contributed by atoms with Gasteiger partial charge < -0.3 is 20.5 Å². The largest absolute Gasteiger partial charge is 0.490 e. The van der Waals surface area contributed by atoms with Crippen LogP contribution in [0.1, 0.15) is 19.3 Å². The van der Waals surface area contributed by atoms with Gasteiger partial charge in [0.15, 0.2) is 6.61 Å². The SMILES string of the molecule is COc1cc(OCC(=O)NC2CCCC2CN)ccc1[N+](=O)[O-]. The highest BCUT2D eigenvalue weighted by Gasteiger charge is 2.27. The van der Waals surface area contributed by atoms with E-state index in [0.717, 1.165) is 19.3 Å². The average molecular weight is 323 g/mol. The van der Waals surface area contributed by atoms with Crippen molar-refractivity contribution >= 4 is 11.6 Å². The number of nitrogens with two attached hydrogens (primary N) is 1. The van der Waals surface area contributed by atoms with E-state index >= 15 is 0 Å². The number of methoxy groups -OCH3 is 1. The summed E-state index contributed by atoms with van der Waals surface area (Å²) in [5.41, 5.74) is 5.53. The van der Waals surface area contributed by atoms with Crippen molar-refractivity contribution < 1.29 is 19.2 Å². The second-order valence-electron chi connectivity index (χ2n) is 5.48. The maximum atomic E-state index is 11.9. The summed E-state index contributed by atoms with van der Waals surface area (Å²) in [6.07, 6.45) is 3.02. The van der Waals surface area contributed by atoms with Crippen molar-refractivity contribution in [1.29, 1.82) is 0 Å². The monoisotopic (exact) mass is 323 g/mol. The molecule has 23 heavy (non-hydrogen) atoms. The van der Waals surface area contributed by atoms with Crippen LogP contribution in [-0.4, -0.2) is 37.1 Å². The Balaban J connectivity index is 1.90. The summed E-state index contributed by atoms with van der Waals surface area (Å²) in [4.78, 5) is 22.2. The lowest BCUT2D eigenvalue weighted by Gasteiger charge is -2.19. The highest BCUT2D eigenvalue weighted by molar-refractivity contribution is 5.78. The number of nitro benzene ring substituents is 1. The Morgan fingerprint density at radius 2 is 2.26 bits per heavy atom. The van der Waals surface area contributed by atoms with Crippen LogP contribution in [0, 0.1) is 16.0 Å². The van der Waals surface area contributed by atoms with Gasteiger partial charge in [-0.05, 0) is 31.4 Å². The fourth-order valence-electron chi connectivity index (χ4n) is 2.80. The molecule has 1 aromatic rings. The summed E-state index contributed by atoms with van der Waals surface area (Å²) in [7, 11) is 1.34. The lowest BCUT2D eigenvalue weighted by molar-refractivity contribution is -0.385. The molecule has 126 valence electrons. The third kappa shape index (κ3) is 4.32. The molecular weight excluding hydrogens is 302 g/mol. The Morgan fingerprint density at radius 3 is 2.91 bits per heavy atom. The first-order chi connectivity index (χ1) is 11.0. The van der Waals surface area contributed by atoms with Gasteiger partial charge in [0.2, 0.25) is 5.75 Å². The third-order valence-corrected chi connectivity index (χ3v) is 4.03. The van der Waals surface area contributed by atoms with E-state index < -0.39 is 4.92 Å². The number of nitrogens with one attached hydrogen (secondary N) is 1. The van der Waals surface area contributed by atoms with Gasteiger partial charge in [-0.2, -0.15) is 0 Å². The van der Waals surface area contributed by atoms with E-state index in [9.17, 15) is 14.9 Å².